The zero-order chi connectivity index (χ0) is 13.2. The summed E-state index contributed by atoms with van der Waals surface area (Å²) in [5, 5.41) is 8.39. The summed E-state index contributed by atoms with van der Waals surface area (Å²) < 4.78 is 0. The van der Waals surface area contributed by atoms with E-state index in [1.54, 1.807) is 0 Å². The number of nitrogens with zero attached hydrogens (tertiary/aromatic N) is 4. The zero-order valence-corrected chi connectivity index (χ0v) is 12.0. The Labute approximate surface area is 110 Å². The largest absolute Gasteiger partial charge is 0.353 e. The molecule has 1 fully saturated rings. The highest BCUT2D eigenvalue weighted by molar-refractivity contribution is 5.37. The highest BCUT2D eigenvalue weighted by atomic mass is 15.3. The van der Waals surface area contributed by atoms with Crippen molar-refractivity contribution in [2.45, 2.75) is 27.7 Å². The van der Waals surface area contributed by atoms with Crippen molar-refractivity contribution in [1.29, 1.82) is 0 Å². The monoisotopic (exact) mass is 248 g/mol. The van der Waals surface area contributed by atoms with Crippen LogP contribution in [0.2, 0.25) is 0 Å². The van der Waals surface area contributed by atoms with Crippen LogP contribution in [0, 0.1) is 12.3 Å². The highest BCUT2D eigenvalue weighted by Gasteiger charge is 2.22. The first-order valence-corrected chi connectivity index (χ1v) is 6.72. The van der Waals surface area contributed by atoms with E-state index in [4.69, 9.17) is 0 Å². The van der Waals surface area contributed by atoms with Gasteiger partial charge in [-0.3, -0.25) is 4.90 Å². The van der Waals surface area contributed by atoms with Crippen LogP contribution in [0.25, 0.3) is 0 Å². The van der Waals surface area contributed by atoms with Gasteiger partial charge in [0.2, 0.25) is 0 Å². The van der Waals surface area contributed by atoms with Crippen LogP contribution in [0.1, 0.15) is 26.5 Å². The van der Waals surface area contributed by atoms with Crippen LogP contribution in [0.4, 0.5) is 5.82 Å². The number of rotatable bonds is 2. The Balaban J connectivity index is 1.88. The lowest BCUT2D eigenvalue weighted by Crippen LogP contribution is -2.49. The smallest absolute Gasteiger partial charge is 0.151 e. The van der Waals surface area contributed by atoms with Gasteiger partial charge in [-0.2, -0.15) is 5.10 Å². The van der Waals surface area contributed by atoms with Gasteiger partial charge in [0.05, 0.1) is 5.69 Å². The van der Waals surface area contributed by atoms with Crippen LogP contribution in [-0.4, -0.2) is 47.8 Å². The number of anilines is 1. The van der Waals surface area contributed by atoms with E-state index < -0.39 is 0 Å². The van der Waals surface area contributed by atoms with E-state index in [1.165, 1.54) is 6.54 Å². The molecule has 4 nitrogen and oxygen atoms in total. The Bertz CT molecular complexity index is 372. The van der Waals surface area contributed by atoms with Crippen molar-refractivity contribution < 1.29 is 0 Å². The van der Waals surface area contributed by atoms with Crippen molar-refractivity contribution in [2.75, 3.05) is 37.6 Å². The molecule has 0 unspecified atom stereocenters. The van der Waals surface area contributed by atoms with Crippen molar-refractivity contribution in [3.05, 3.63) is 17.8 Å². The molecule has 2 rings (SSSR count). The lowest BCUT2D eigenvalue weighted by Gasteiger charge is -2.38. The van der Waals surface area contributed by atoms with Crippen LogP contribution in [0.5, 0.6) is 0 Å². The fourth-order valence-corrected chi connectivity index (χ4v) is 2.37. The lowest BCUT2D eigenvalue weighted by molar-refractivity contribution is 0.182. The fraction of sp³-hybridized carbons (Fsp3) is 0.714. The SMILES string of the molecule is Cc1ccc(N2CCN(CC(C)(C)C)CC2)nn1. The maximum atomic E-state index is 4.26. The Morgan fingerprint density at radius 2 is 1.72 bits per heavy atom. The van der Waals surface area contributed by atoms with Crippen molar-refractivity contribution in [3.8, 4) is 0 Å². The first kappa shape index (κ1) is 13.3. The van der Waals surface area contributed by atoms with Gasteiger partial charge in [-0.25, -0.2) is 0 Å². The minimum absolute atomic E-state index is 0.381. The highest BCUT2D eigenvalue weighted by Crippen LogP contribution is 2.18. The fourth-order valence-electron chi connectivity index (χ4n) is 2.37. The number of hydrogen-bond donors (Lipinski definition) is 0. The predicted molar refractivity (Wildman–Crippen MR) is 74.9 cm³/mol. The maximum absolute atomic E-state index is 4.26. The molecular weight excluding hydrogens is 224 g/mol. The van der Waals surface area contributed by atoms with Crippen molar-refractivity contribution in [1.82, 2.24) is 15.1 Å². The maximum Gasteiger partial charge on any atom is 0.151 e. The lowest BCUT2D eigenvalue weighted by atomic mass is 9.96. The summed E-state index contributed by atoms with van der Waals surface area (Å²) in [5.41, 5.74) is 1.36. The van der Waals surface area contributed by atoms with Gasteiger partial charge in [0, 0.05) is 32.7 Å². The third-order valence-corrected chi connectivity index (χ3v) is 3.18. The summed E-state index contributed by atoms with van der Waals surface area (Å²) in [6.45, 7) is 14.4. The summed E-state index contributed by atoms with van der Waals surface area (Å²) in [4.78, 5) is 4.86. The van der Waals surface area contributed by atoms with E-state index in [9.17, 15) is 0 Å². The molecule has 0 radical (unpaired) electrons. The molecule has 0 aliphatic carbocycles. The molecule has 1 aromatic rings. The van der Waals surface area contributed by atoms with Gasteiger partial charge < -0.3 is 4.90 Å². The van der Waals surface area contributed by atoms with E-state index in [0.717, 1.165) is 37.7 Å². The summed E-state index contributed by atoms with van der Waals surface area (Å²) in [6, 6.07) is 4.10. The molecule has 0 bridgehead atoms. The van der Waals surface area contributed by atoms with Crippen molar-refractivity contribution in [2.24, 2.45) is 5.41 Å². The molecule has 100 valence electrons. The molecule has 1 aromatic heterocycles. The summed E-state index contributed by atoms with van der Waals surface area (Å²) in [5.74, 6) is 1.01. The van der Waals surface area contributed by atoms with Gasteiger partial charge >= 0.3 is 0 Å². The van der Waals surface area contributed by atoms with Crippen molar-refractivity contribution >= 4 is 5.82 Å². The average Bonchev–Trinajstić information content (AvgIpc) is 2.29. The van der Waals surface area contributed by atoms with Gasteiger partial charge in [0.15, 0.2) is 5.82 Å². The van der Waals surface area contributed by atoms with Gasteiger partial charge in [-0.15, -0.1) is 5.10 Å². The topological polar surface area (TPSA) is 32.3 Å². The van der Waals surface area contributed by atoms with E-state index in [2.05, 4.69) is 46.8 Å². The quantitative estimate of drug-likeness (QED) is 0.801. The van der Waals surface area contributed by atoms with E-state index >= 15 is 0 Å². The molecule has 4 heteroatoms. The molecule has 0 amide bonds. The first-order chi connectivity index (χ1) is 8.44. The molecule has 1 aliphatic heterocycles. The van der Waals surface area contributed by atoms with E-state index in [-0.39, 0.29) is 0 Å². The number of piperazine rings is 1. The molecule has 0 aromatic carbocycles. The number of aromatic nitrogens is 2. The minimum atomic E-state index is 0.381. The second kappa shape index (κ2) is 5.22. The molecular formula is C14H24N4. The first-order valence-electron chi connectivity index (χ1n) is 6.72. The van der Waals surface area contributed by atoms with Gasteiger partial charge in [-0.1, -0.05) is 20.8 Å². The van der Waals surface area contributed by atoms with Crippen LogP contribution in [-0.2, 0) is 0 Å². The summed E-state index contributed by atoms with van der Waals surface area (Å²) >= 11 is 0. The molecule has 18 heavy (non-hydrogen) atoms. The molecule has 1 aliphatic rings. The van der Waals surface area contributed by atoms with Crippen LogP contribution in [0.3, 0.4) is 0 Å². The third kappa shape index (κ3) is 3.67. The Kier molecular flexibility index (Phi) is 3.85. The predicted octanol–water partition coefficient (Wildman–Crippen LogP) is 1.95. The van der Waals surface area contributed by atoms with Crippen LogP contribution >= 0.6 is 0 Å². The van der Waals surface area contributed by atoms with E-state index in [0.29, 0.717) is 5.41 Å². The molecule has 1 saturated heterocycles. The molecule has 0 spiro atoms. The average molecular weight is 248 g/mol. The van der Waals surface area contributed by atoms with Crippen LogP contribution in [0.15, 0.2) is 12.1 Å². The number of hydrogen-bond acceptors (Lipinski definition) is 4. The number of aryl methyl sites for hydroxylation is 1. The minimum Gasteiger partial charge on any atom is -0.353 e. The second-order valence-electron chi connectivity index (χ2n) is 6.36. The van der Waals surface area contributed by atoms with Crippen LogP contribution < -0.4 is 4.90 Å². The molecule has 0 saturated carbocycles. The van der Waals surface area contributed by atoms with Crippen molar-refractivity contribution in [3.63, 3.8) is 0 Å². The standard InChI is InChI=1S/C14H24N4/c1-12-5-6-13(16-15-12)18-9-7-17(8-10-18)11-14(2,3)4/h5-6H,7-11H2,1-4H3. The van der Waals surface area contributed by atoms with Gasteiger partial charge in [0.25, 0.3) is 0 Å². The Morgan fingerprint density at radius 1 is 1.06 bits per heavy atom. The Hall–Kier alpha value is -1.16. The summed E-state index contributed by atoms with van der Waals surface area (Å²) in [7, 11) is 0. The van der Waals surface area contributed by atoms with E-state index in [1.807, 2.05) is 13.0 Å². The summed E-state index contributed by atoms with van der Waals surface area (Å²) in [6.07, 6.45) is 0. The second-order valence-corrected chi connectivity index (χ2v) is 6.36. The molecule has 0 atom stereocenters. The van der Waals surface area contributed by atoms with Gasteiger partial charge in [0.1, 0.15) is 0 Å². The zero-order valence-electron chi connectivity index (χ0n) is 12.0. The molecule has 2 heterocycles. The normalized spacial score (nSPS) is 18.1. The molecule has 0 N–H and O–H groups in total. The van der Waals surface area contributed by atoms with Gasteiger partial charge in [-0.05, 0) is 24.5 Å². The Morgan fingerprint density at radius 3 is 2.22 bits per heavy atom. The third-order valence-electron chi connectivity index (χ3n) is 3.18.